The Morgan fingerprint density at radius 2 is 2.06 bits per heavy atom. The Hall–Kier alpha value is -2.17. The second-order valence-corrected chi connectivity index (χ2v) is 3.28. The van der Waals surface area contributed by atoms with Crippen LogP contribution in [0, 0.1) is 0 Å². The first kappa shape index (κ1) is 12.9. The number of ether oxygens (including phenoxy) is 2. The van der Waals surface area contributed by atoms with Crippen molar-refractivity contribution in [1.29, 1.82) is 0 Å². The third-order valence-corrected chi connectivity index (χ3v) is 2.06. The molecule has 1 aromatic rings. The number of Topliss-reactive ketones (excluding diaryl/α,β-unsaturated/α-hetero) is 1. The first-order chi connectivity index (χ1) is 8.08. The molecule has 0 bridgehead atoms. The number of ketones is 1. The van der Waals surface area contributed by atoms with Crippen LogP contribution < -0.4 is 4.74 Å². The predicted molar refractivity (Wildman–Crippen MR) is 58.9 cm³/mol. The van der Waals surface area contributed by atoms with Crippen LogP contribution in [0.1, 0.15) is 17.3 Å². The van der Waals surface area contributed by atoms with Crippen LogP contribution in [-0.2, 0) is 14.3 Å². The van der Waals surface area contributed by atoms with Gasteiger partial charge < -0.3 is 9.47 Å². The molecule has 0 aliphatic heterocycles. The standard InChI is InChI=1S/C12H12O5/c1-8(14)9-4-3-5-10(6-9)17-11(7-13)12(15)16-2/h3-7,11H,1-2H3. The van der Waals surface area contributed by atoms with Crippen molar-refractivity contribution in [1.82, 2.24) is 0 Å². The van der Waals surface area contributed by atoms with E-state index in [2.05, 4.69) is 4.74 Å². The van der Waals surface area contributed by atoms with Crippen molar-refractivity contribution in [2.45, 2.75) is 13.0 Å². The van der Waals surface area contributed by atoms with Crippen molar-refractivity contribution >= 4 is 18.0 Å². The van der Waals surface area contributed by atoms with Crippen molar-refractivity contribution in [2.24, 2.45) is 0 Å². The van der Waals surface area contributed by atoms with E-state index in [0.717, 1.165) is 7.11 Å². The zero-order chi connectivity index (χ0) is 12.8. The summed E-state index contributed by atoms with van der Waals surface area (Å²) in [4.78, 5) is 32.9. The molecule has 0 saturated heterocycles. The van der Waals surface area contributed by atoms with Gasteiger partial charge in [-0.1, -0.05) is 12.1 Å². The summed E-state index contributed by atoms with van der Waals surface area (Å²) in [7, 11) is 1.16. The Morgan fingerprint density at radius 3 is 2.59 bits per heavy atom. The van der Waals surface area contributed by atoms with E-state index in [4.69, 9.17) is 4.74 Å². The molecule has 1 atom stereocenters. The predicted octanol–water partition coefficient (Wildman–Crippen LogP) is 1.01. The van der Waals surface area contributed by atoms with Gasteiger partial charge in [-0.05, 0) is 19.1 Å². The molecule has 5 nitrogen and oxygen atoms in total. The summed E-state index contributed by atoms with van der Waals surface area (Å²) in [5, 5.41) is 0. The van der Waals surface area contributed by atoms with Gasteiger partial charge in [0, 0.05) is 5.56 Å². The van der Waals surface area contributed by atoms with Crippen LogP contribution in [0.3, 0.4) is 0 Å². The molecule has 0 N–H and O–H groups in total. The molecule has 0 aromatic heterocycles. The van der Waals surface area contributed by atoms with E-state index in [-0.39, 0.29) is 11.5 Å². The van der Waals surface area contributed by atoms with Gasteiger partial charge in [0.25, 0.3) is 0 Å². The molecule has 90 valence electrons. The van der Waals surface area contributed by atoms with Gasteiger partial charge in [0.2, 0.25) is 6.10 Å². The summed E-state index contributed by atoms with van der Waals surface area (Å²) >= 11 is 0. The van der Waals surface area contributed by atoms with E-state index in [9.17, 15) is 14.4 Å². The monoisotopic (exact) mass is 236 g/mol. The zero-order valence-electron chi connectivity index (χ0n) is 9.51. The van der Waals surface area contributed by atoms with Crippen LogP contribution in [0.2, 0.25) is 0 Å². The smallest absolute Gasteiger partial charge is 0.354 e. The highest BCUT2D eigenvalue weighted by atomic mass is 16.6. The Bertz CT molecular complexity index is 438. The fourth-order valence-corrected chi connectivity index (χ4v) is 1.18. The van der Waals surface area contributed by atoms with Gasteiger partial charge in [0.15, 0.2) is 12.1 Å². The third kappa shape index (κ3) is 3.41. The maximum atomic E-state index is 11.1. The topological polar surface area (TPSA) is 69.7 Å². The third-order valence-electron chi connectivity index (χ3n) is 2.06. The van der Waals surface area contributed by atoms with Crippen LogP contribution in [-0.4, -0.2) is 31.3 Å². The fourth-order valence-electron chi connectivity index (χ4n) is 1.18. The number of esters is 1. The van der Waals surface area contributed by atoms with Gasteiger partial charge in [-0.25, -0.2) is 4.79 Å². The number of hydrogen-bond donors (Lipinski definition) is 0. The number of benzene rings is 1. The van der Waals surface area contributed by atoms with E-state index in [1.54, 1.807) is 18.2 Å². The minimum atomic E-state index is -1.32. The highest BCUT2D eigenvalue weighted by molar-refractivity contribution is 5.94. The average molecular weight is 236 g/mol. The molecule has 0 spiro atoms. The summed E-state index contributed by atoms with van der Waals surface area (Å²) < 4.78 is 9.50. The molecule has 0 saturated carbocycles. The minimum Gasteiger partial charge on any atom is -0.471 e. The molecule has 1 unspecified atom stereocenters. The summed E-state index contributed by atoms with van der Waals surface area (Å²) in [6.45, 7) is 1.41. The second kappa shape index (κ2) is 5.79. The van der Waals surface area contributed by atoms with Crippen molar-refractivity contribution in [3.8, 4) is 5.75 Å². The van der Waals surface area contributed by atoms with E-state index < -0.39 is 12.1 Å². The van der Waals surface area contributed by atoms with Crippen LogP contribution >= 0.6 is 0 Å². The molecule has 1 rings (SSSR count). The molecule has 0 fully saturated rings. The lowest BCUT2D eigenvalue weighted by Crippen LogP contribution is -2.29. The van der Waals surface area contributed by atoms with Crippen LogP contribution in [0.25, 0.3) is 0 Å². The zero-order valence-corrected chi connectivity index (χ0v) is 9.51. The lowest BCUT2D eigenvalue weighted by Gasteiger charge is -2.11. The average Bonchev–Trinajstić information content (AvgIpc) is 2.35. The summed E-state index contributed by atoms with van der Waals surface area (Å²) in [6, 6.07) is 6.22. The van der Waals surface area contributed by atoms with Crippen LogP contribution in [0.15, 0.2) is 24.3 Å². The Labute approximate surface area is 98.3 Å². The first-order valence-corrected chi connectivity index (χ1v) is 4.89. The highest BCUT2D eigenvalue weighted by Gasteiger charge is 2.20. The van der Waals surface area contributed by atoms with Gasteiger partial charge in [-0.2, -0.15) is 0 Å². The van der Waals surface area contributed by atoms with Crippen molar-refractivity contribution < 1.29 is 23.9 Å². The van der Waals surface area contributed by atoms with E-state index >= 15 is 0 Å². The first-order valence-electron chi connectivity index (χ1n) is 4.89. The van der Waals surface area contributed by atoms with Gasteiger partial charge in [-0.15, -0.1) is 0 Å². The number of methoxy groups -OCH3 is 1. The molecule has 0 radical (unpaired) electrons. The second-order valence-electron chi connectivity index (χ2n) is 3.28. The number of rotatable bonds is 5. The molecule has 0 amide bonds. The molecule has 0 heterocycles. The highest BCUT2D eigenvalue weighted by Crippen LogP contribution is 2.15. The Kier molecular flexibility index (Phi) is 4.39. The molecule has 1 aromatic carbocycles. The van der Waals surface area contributed by atoms with E-state index in [1.165, 1.54) is 13.0 Å². The molecular weight excluding hydrogens is 224 g/mol. The number of hydrogen-bond acceptors (Lipinski definition) is 5. The van der Waals surface area contributed by atoms with E-state index in [1.807, 2.05) is 0 Å². The van der Waals surface area contributed by atoms with Gasteiger partial charge in [0.05, 0.1) is 7.11 Å². The lowest BCUT2D eigenvalue weighted by molar-refractivity contribution is -0.150. The van der Waals surface area contributed by atoms with Gasteiger partial charge in [-0.3, -0.25) is 9.59 Å². The number of aldehydes is 1. The fraction of sp³-hybridized carbons (Fsp3) is 0.250. The maximum absolute atomic E-state index is 11.1. The van der Waals surface area contributed by atoms with Gasteiger partial charge in [0.1, 0.15) is 5.75 Å². The summed E-state index contributed by atoms with van der Waals surface area (Å²) in [6.07, 6.45) is -0.978. The summed E-state index contributed by atoms with van der Waals surface area (Å²) in [5.74, 6) is -0.649. The molecule has 0 aliphatic rings. The van der Waals surface area contributed by atoms with Crippen molar-refractivity contribution in [2.75, 3.05) is 7.11 Å². The van der Waals surface area contributed by atoms with E-state index in [0.29, 0.717) is 11.8 Å². The van der Waals surface area contributed by atoms with Crippen molar-refractivity contribution in [3.05, 3.63) is 29.8 Å². The molecule has 0 aliphatic carbocycles. The van der Waals surface area contributed by atoms with Crippen LogP contribution in [0.5, 0.6) is 5.75 Å². The quantitative estimate of drug-likeness (QED) is 0.330. The van der Waals surface area contributed by atoms with Crippen molar-refractivity contribution in [3.63, 3.8) is 0 Å². The minimum absolute atomic E-state index is 0.129. The summed E-state index contributed by atoms with van der Waals surface area (Å²) in [5.41, 5.74) is 0.442. The number of carbonyl (C=O) groups is 3. The molecular formula is C12H12O5. The molecule has 17 heavy (non-hydrogen) atoms. The largest absolute Gasteiger partial charge is 0.471 e. The SMILES string of the molecule is COC(=O)C(C=O)Oc1cccc(C(C)=O)c1. The van der Waals surface area contributed by atoms with Gasteiger partial charge >= 0.3 is 5.97 Å². The van der Waals surface area contributed by atoms with Crippen LogP contribution in [0.4, 0.5) is 0 Å². The molecule has 5 heteroatoms. The number of carbonyl (C=O) groups excluding carboxylic acids is 3. The Balaban J connectivity index is 2.86. The maximum Gasteiger partial charge on any atom is 0.354 e. The normalized spacial score (nSPS) is 11.4. The Morgan fingerprint density at radius 1 is 1.35 bits per heavy atom. The lowest BCUT2D eigenvalue weighted by atomic mass is 10.1.